The van der Waals surface area contributed by atoms with E-state index in [1.807, 2.05) is 13.0 Å². The molecule has 1 aromatic rings. The Balaban J connectivity index is 2.72. The molecule has 0 fully saturated rings. The number of carbonyl (C=O) groups is 1. The molecule has 0 saturated carbocycles. The van der Waals surface area contributed by atoms with Gasteiger partial charge in [-0.15, -0.1) is 0 Å². The number of carboxylic acid groups (broad SMARTS) is 1. The Bertz CT molecular complexity index is 465. The SMILES string of the molecule is CC(CCS(C)=O)Nc1cc(Br)cc(C(=O)O)c1. The summed E-state index contributed by atoms with van der Waals surface area (Å²) in [6, 6.07) is 5.11. The van der Waals surface area contributed by atoms with Crippen molar-refractivity contribution in [3.8, 4) is 0 Å². The zero-order valence-electron chi connectivity index (χ0n) is 10.3. The molecule has 0 saturated heterocycles. The Hall–Kier alpha value is -0.880. The van der Waals surface area contributed by atoms with Crippen LogP contribution in [0.5, 0.6) is 0 Å². The van der Waals surface area contributed by atoms with Crippen molar-refractivity contribution >= 4 is 38.4 Å². The zero-order chi connectivity index (χ0) is 13.7. The lowest BCUT2D eigenvalue weighted by Crippen LogP contribution is -2.18. The van der Waals surface area contributed by atoms with E-state index in [-0.39, 0.29) is 11.6 Å². The summed E-state index contributed by atoms with van der Waals surface area (Å²) >= 11 is 3.28. The van der Waals surface area contributed by atoms with Gasteiger partial charge in [0, 0.05) is 39.0 Å². The van der Waals surface area contributed by atoms with Crippen LogP contribution in [0.1, 0.15) is 23.7 Å². The Labute approximate surface area is 117 Å². The quantitative estimate of drug-likeness (QED) is 0.839. The number of carboxylic acids is 1. The molecular formula is C12H16BrNO3S. The molecule has 2 N–H and O–H groups in total. The number of rotatable bonds is 6. The summed E-state index contributed by atoms with van der Waals surface area (Å²) < 4.78 is 11.7. The third kappa shape index (κ3) is 5.18. The molecule has 0 aliphatic heterocycles. The third-order valence-corrected chi connectivity index (χ3v) is 3.66. The van der Waals surface area contributed by atoms with Gasteiger partial charge in [-0.2, -0.15) is 0 Å². The molecule has 0 aliphatic carbocycles. The molecule has 2 unspecified atom stereocenters. The Morgan fingerprint density at radius 1 is 1.50 bits per heavy atom. The molecule has 0 amide bonds. The van der Waals surface area contributed by atoms with Crippen LogP contribution >= 0.6 is 15.9 Å². The lowest BCUT2D eigenvalue weighted by atomic mass is 10.2. The number of benzene rings is 1. The smallest absolute Gasteiger partial charge is 0.335 e. The first-order valence-electron chi connectivity index (χ1n) is 5.49. The molecule has 2 atom stereocenters. The molecule has 0 aliphatic rings. The van der Waals surface area contributed by atoms with Crippen molar-refractivity contribution in [3.63, 3.8) is 0 Å². The minimum atomic E-state index is -0.957. The van der Waals surface area contributed by atoms with Crippen LogP contribution in [0.25, 0.3) is 0 Å². The van der Waals surface area contributed by atoms with Gasteiger partial charge in [0.15, 0.2) is 0 Å². The second kappa shape index (κ2) is 6.89. The molecule has 4 nitrogen and oxygen atoms in total. The van der Waals surface area contributed by atoms with Gasteiger partial charge < -0.3 is 10.4 Å². The van der Waals surface area contributed by atoms with Gasteiger partial charge in [0.1, 0.15) is 0 Å². The normalized spacial score (nSPS) is 13.9. The second-order valence-electron chi connectivity index (χ2n) is 4.15. The van der Waals surface area contributed by atoms with E-state index in [9.17, 15) is 9.00 Å². The average Bonchev–Trinajstić information content (AvgIpc) is 2.25. The summed E-state index contributed by atoms with van der Waals surface area (Å²) in [6.07, 6.45) is 2.45. The van der Waals surface area contributed by atoms with E-state index in [4.69, 9.17) is 5.11 Å². The topological polar surface area (TPSA) is 66.4 Å². The fraction of sp³-hybridized carbons (Fsp3) is 0.417. The van der Waals surface area contributed by atoms with Crippen molar-refractivity contribution in [3.05, 3.63) is 28.2 Å². The zero-order valence-corrected chi connectivity index (χ0v) is 12.7. The molecule has 18 heavy (non-hydrogen) atoms. The van der Waals surface area contributed by atoms with Gasteiger partial charge in [-0.05, 0) is 31.5 Å². The molecule has 0 spiro atoms. The van der Waals surface area contributed by atoms with Crippen LogP contribution < -0.4 is 5.32 Å². The fourth-order valence-corrected chi connectivity index (χ4v) is 2.67. The highest BCUT2D eigenvalue weighted by atomic mass is 79.9. The first-order valence-corrected chi connectivity index (χ1v) is 8.01. The Kier molecular flexibility index (Phi) is 5.81. The predicted molar refractivity (Wildman–Crippen MR) is 77.7 cm³/mol. The van der Waals surface area contributed by atoms with E-state index in [1.165, 1.54) is 0 Å². The number of nitrogens with one attached hydrogen (secondary N) is 1. The van der Waals surface area contributed by atoms with E-state index >= 15 is 0 Å². The van der Waals surface area contributed by atoms with Crippen LogP contribution in [0, 0.1) is 0 Å². The molecule has 100 valence electrons. The monoisotopic (exact) mass is 333 g/mol. The van der Waals surface area contributed by atoms with Crippen LogP contribution in [0.15, 0.2) is 22.7 Å². The molecule has 0 bridgehead atoms. The summed E-state index contributed by atoms with van der Waals surface area (Å²) in [4.78, 5) is 10.9. The summed E-state index contributed by atoms with van der Waals surface area (Å²) in [5.41, 5.74) is 0.981. The van der Waals surface area contributed by atoms with Crippen LogP contribution in [-0.4, -0.2) is 33.3 Å². The lowest BCUT2D eigenvalue weighted by Gasteiger charge is -2.15. The number of hydrogen-bond donors (Lipinski definition) is 2. The Morgan fingerprint density at radius 3 is 2.72 bits per heavy atom. The van der Waals surface area contributed by atoms with E-state index in [1.54, 1.807) is 18.4 Å². The van der Waals surface area contributed by atoms with Gasteiger partial charge in [-0.3, -0.25) is 4.21 Å². The van der Waals surface area contributed by atoms with E-state index < -0.39 is 16.8 Å². The highest BCUT2D eigenvalue weighted by molar-refractivity contribution is 9.10. The molecule has 1 rings (SSSR count). The molecule has 6 heteroatoms. The fourth-order valence-electron chi connectivity index (χ4n) is 1.50. The lowest BCUT2D eigenvalue weighted by molar-refractivity contribution is 0.0697. The van der Waals surface area contributed by atoms with Crippen LogP contribution in [0.3, 0.4) is 0 Å². The number of halogens is 1. The standard InChI is InChI=1S/C12H16BrNO3S/c1-8(3-4-18(2)17)14-11-6-9(12(15)16)5-10(13)7-11/h5-8,14H,3-4H2,1-2H3,(H,15,16). The molecular weight excluding hydrogens is 318 g/mol. The van der Waals surface area contributed by atoms with Crippen molar-refractivity contribution < 1.29 is 14.1 Å². The predicted octanol–water partition coefficient (Wildman–Crippen LogP) is 2.72. The highest BCUT2D eigenvalue weighted by Crippen LogP contribution is 2.20. The summed E-state index contributed by atoms with van der Waals surface area (Å²) in [5, 5.41) is 12.2. The number of aromatic carboxylic acids is 1. The summed E-state index contributed by atoms with van der Waals surface area (Å²) in [6.45, 7) is 1.98. The van der Waals surface area contributed by atoms with Crippen molar-refractivity contribution in [1.82, 2.24) is 0 Å². The van der Waals surface area contributed by atoms with Gasteiger partial charge in [0.25, 0.3) is 0 Å². The first kappa shape index (κ1) is 15.2. The third-order valence-electron chi connectivity index (χ3n) is 2.40. The van der Waals surface area contributed by atoms with E-state index in [0.29, 0.717) is 5.75 Å². The van der Waals surface area contributed by atoms with Crippen LogP contribution in [0.2, 0.25) is 0 Å². The number of hydrogen-bond acceptors (Lipinski definition) is 3. The maximum Gasteiger partial charge on any atom is 0.335 e. The van der Waals surface area contributed by atoms with Gasteiger partial charge in [0.2, 0.25) is 0 Å². The van der Waals surface area contributed by atoms with Crippen molar-refractivity contribution in [2.24, 2.45) is 0 Å². The molecule has 0 aromatic heterocycles. The van der Waals surface area contributed by atoms with Gasteiger partial charge in [0.05, 0.1) is 5.56 Å². The summed E-state index contributed by atoms with van der Waals surface area (Å²) in [5.74, 6) is -0.324. The van der Waals surface area contributed by atoms with Gasteiger partial charge in [-0.25, -0.2) is 4.79 Å². The van der Waals surface area contributed by atoms with E-state index in [0.717, 1.165) is 16.6 Å². The minimum absolute atomic E-state index is 0.143. The molecule has 0 radical (unpaired) electrons. The number of anilines is 1. The van der Waals surface area contributed by atoms with Crippen LogP contribution in [0.4, 0.5) is 5.69 Å². The molecule has 1 aromatic carbocycles. The minimum Gasteiger partial charge on any atom is -0.478 e. The average molecular weight is 334 g/mol. The summed E-state index contributed by atoms with van der Waals surface area (Å²) in [7, 11) is -0.804. The van der Waals surface area contributed by atoms with Gasteiger partial charge >= 0.3 is 5.97 Å². The van der Waals surface area contributed by atoms with Crippen molar-refractivity contribution in [2.45, 2.75) is 19.4 Å². The highest BCUT2D eigenvalue weighted by Gasteiger charge is 2.08. The van der Waals surface area contributed by atoms with Gasteiger partial charge in [-0.1, -0.05) is 15.9 Å². The van der Waals surface area contributed by atoms with E-state index in [2.05, 4.69) is 21.2 Å². The Morgan fingerprint density at radius 2 is 2.17 bits per heavy atom. The van der Waals surface area contributed by atoms with Crippen molar-refractivity contribution in [2.75, 3.05) is 17.3 Å². The first-order chi connectivity index (χ1) is 8.38. The largest absolute Gasteiger partial charge is 0.478 e. The molecule has 0 heterocycles. The maximum atomic E-state index is 11.0. The van der Waals surface area contributed by atoms with Crippen LogP contribution in [-0.2, 0) is 10.8 Å². The van der Waals surface area contributed by atoms with Crippen molar-refractivity contribution in [1.29, 1.82) is 0 Å². The second-order valence-corrected chi connectivity index (χ2v) is 6.62. The maximum absolute atomic E-state index is 11.0.